The Morgan fingerprint density at radius 2 is 1.16 bits per heavy atom. The lowest BCUT2D eigenvalue weighted by Gasteiger charge is -2.38. The van der Waals surface area contributed by atoms with Gasteiger partial charge in [0.2, 0.25) is 0 Å². The lowest BCUT2D eigenvalue weighted by atomic mass is 9.66. The molecule has 0 bridgehead atoms. The summed E-state index contributed by atoms with van der Waals surface area (Å²) in [4.78, 5) is 11.3. The molecule has 0 aliphatic heterocycles. The van der Waals surface area contributed by atoms with E-state index in [1.54, 1.807) is 38.1 Å². The lowest BCUT2D eigenvalue weighted by Crippen LogP contribution is -2.33. The van der Waals surface area contributed by atoms with Crippen LogP contribution in [0.2, 0.25) is 0 Å². The van der Waals surface area contributed by atoms with Gasteiger partial charge in [0.1, 0.15) is 26.0 Å². The smallest absolute Gasteiger partial charge is 0.132 e. The van der Waals surface area contributed by atoms with Gasteiger partial charge in [-0.15, -0.1) is 0 Å². The first-order chi connectivity index (χ1) is 14.3. The number of aryl methyl sites for hydroxylation is 2. The molecule has 0 atom stereocenters. The van der Waals surface area contributed by atoms with E-state index in [2.05, 4.69) is 0 Å². The molecule has 0 saturated heterocycles. The second kappa shape index (κ2) is 8.46. The standard InChI is InChI=1S/C22H26O7S2/c1-15-3-5-20(30(24,25)26)17(11-15)13-22(9-7-19(23)8-10-22)14-18-12-16(2)4-6-21(18)31(27,28)29/h3-6,11-12H,7-10,13-14H2,1-2H3,(H,24,25,26)(H,27,28,29)/p-2. The molecule has 2 aromatic carbocycles. The van der Waals surface area contributed by atoms with E-state index in [9.17, 15) is 30.7 Å². The summed E-state index contributed by atoms with van der Waals surface area (Å²) in [6.07, 6.45) is 1.73. The second-order valence-corrected chi connectivity index (χ2v) is 11.2. The van der Waals surface area contributed by atoms with Crippen molar-refractivity contribution in [1.29, 1.82) is 0 Å². The third kappa shape index (κ3) is 5.60. The van der Waals surface area contributed by atoms with Crippen molar-refractivity contribution in [3.63, 3.8) is 0 Å². The number of hydrogen-bond donors (Lipinski definition) is 0. The largest absolute Gasteiger partial charge is 0.744 e. The minimum absolute atomic E-state index is 0.0810. The Labute approximate surface area is 183 Å². The van der Waals surface area contributed by atoms with Crippen molar-refractivity contribution in [1.82, 2.24) is 0 Å². The molecule has 168 valence electrons. The van der Waals surface area contributed by atoms with Gasteiger partial charge in [0.25, 0.3) is 0 Å². The van der Waals surface area contributed by atoms with E-state index in [0.717, 1.165) is 11.1 Å². The van der Waals surface area contributed by atoms with E-state index in [1.165, 1.54) is 12.1 Å². The molecule has 0 N–H and O–H groups in total. The monoisotopic (exact) mass is 464 g/mol. The van der Waals surface area contributed by atoms with Crippen LogP contribution in [0.4, 0.5) is 0 Å². The number of benzene rings is 2. The molecular weight excluding hydrogens is 440 g/mol. The van der Waals surface area contributed by atoms with Crippen LogP contribution in [0.5, 0.6) is 0 Å². The molecule has 9 heteroatoms. The minimum atomic E-state index is -4.71. The predicted octanol–water partition coefficient (Wildman–Crippen LogP) is 3.03. The highest BCUT2D eigenvalue weighted by Crippen LogP contribution is 2.43. The van der Waals surface area contributed by atoms with Gasteiger partial charge in [-0.2, -0.15) is 0 Å². The highest BCUT2D eigenvalue weighted by molar-refractivity contribution is 7.86. The first-order valence-corrected chi connectivity index (χ1v) is 12.7. The molecule has 7 nitrogen and oxygen atoms in total. The van der Waals surface area contributed by atoms with Crippen LogP contribution >= 0.6 is 0 Å². The van der Waals surface area contributed by atoms with Crippen LogP contribution in [0, 0.1) is 19.3 Å². The van der Waals surface area contributed by atoms with Gasteiger partial charge >= 0.3 is 0 Å². The Bertz CT molecular complexity index is 1130. The van der Waals surface area contributed by atoms with Crippen LogP contribution in [0.3, 0.4) is 0 Å². The quantitative estimate of drug-likeness (QED) is 0.600. The van der Waals surface area contributed by atoms with E-state index in [0.29, 0.717) is 24.0 Å². The van der Waals surface area contributed by atoms with Gasteiger partial charge in [-0.1, -0.05) is 35.4 Å². The molecule has 2 aromatic rings. The Morgan fingerprint density at radius 3 is 1.52 bits per heavy atom. The van der Waals surface area contributed by atoms with Crippen LogP contribution in [-0.4, -0.2) is 31.7 Å². The highest BCUT2D eigenvalue weighted by Gasteiger charge is 2.37. The van der Waals surface area contributed by atoms with Crippen molar-refractivity contribution < 1.29 is 30.7 Å². The molecule has 31 heavy (non-hydrogen) atoms. The van der Waals surface area contributed by atoms with E-state index >= 15 is 0 Å². The molecule has 1 fully saturated rings. The number of hydrogen-bond acceptors (Lipinski definition) is 7. The van der Waals surface area contributed by atoms with Crippen molar-refractivity contribution in [2.75, 3.05) is 0 Å². The molecular formula is C22H24O7S2-2. The van der Waals surface area contributed by atoms with E-state index < -0.39 is 25.7 Å². The molecule has 0 heterocycles. The summed E-state index contributed by atoms with van der Waals surface area (Å²) in [6, 6.07) is 8.96. The predicted molar refractivity (Wildman–Crippen MR) is 112 cm³/mol. The molecule has 0 aromatic heterocycles. The van der Waals surface area contributed by atoms with Gasteiger partial charge in [-0.3, -0.25) is 4.79 Å². The van der Waals surface area contributed by atoms with Crippen LogP contribution in [0.1, 0.15) is 47.9 Å². The first kappa shape index (κ1) is 23.6. The summed E-state index contributed by atoms with van der Waals surface area (Å²) in [6.45, 7) is 3.56. The van der Waals surface area contributed by atoms with Crippen molar-refractivity contribution in [2.45, 2.75) is 62.2 Å². The summed E-state index contributed by atoms with van der Waals surface area (Å²) in [5.41, 5.74) is 1.60. The minimum Gasteiger partial charge on any atom is -0.744 e. The Morgan fingerprint density at radius 1 is 0.774 bits per heavy atom. The van der Waals surface area contributed by atoms with Crippen molar-refractivity contribution in [3.8, 4) is 0 Å². The van der Waals surface area contributed by atoms with Gasteiger partial charge in [-0.25, -0.2) is 16.8 Å². The van der Waals surface area contributed by atoms with Gasteiger partial charge < -0.3 is 9.11 Å². The number of Topliss-reactive ketones (excluding diaryl/α,β-unsaturated/α-hetero) is 1. The van der Waals surface area contributed by atoms with Crippen LogP contribution in [0.25, 0.3) is 0 Å². The molecule has 0 unspecified atom stereocenters. The molecule has 1 saturated carbocycles. The van der Waals surface area contributed by atoms with Crippen molar-refractivity contribution >= 4 is 26.0 Å². The van der Waals surface area contributed by atoms with E-state index in [4.69, 9.17) is 0 Å². The van der Waals surface area contributed by atoms with E-state index in [-0.39, 0.29) is 41.3 Å². The maximum atomic E-state index is 11.9. The summed E-state index contributed by atoms with van der Waals surface area (Å²) in [7, 11) is -9.42. The lowest BCUT2D eigenvalue weighted by molar-refractivity contribution is -0.122. The molecule has 1 aliphatic rings. The summed E-state index contributed by atoms with van der Waals surface area (Å²) < 4.78 is 70.9. The fourth-order valence-electron chi connectivity index (χ4n) is 4.46. The fraction of sp³-hybridized carbons (Fsp3) is 0.409. The fourth-order valence-corrected chi connectivity index (χ4v) is 5.84. The molecule has 3 rings (SSSR count). The Kier molecular flexibility index (Phi) is 6.44. The molecule has 0 spiro atoms. The molecule has 0 amide bonds. The average molecular weight is 465 g/mol. The van der Waals surface area contributed by atoms with Crippen molar-refractivity contribution in [2.24, 2.45) is 5.41 Å². The number of rotatable bonds is 6. The van der Waals surface area contributed by atoms with Crippen molar-refractivity contribution in [3.05, 3.63) is 58.7 Å². The first-order valence-electron chi connectivity index (χ1n) is 9.92. The van der Waals surface area contributed by atoms with Crippen LogP contribution < -0.4 is 0 Å². The Hall–Kier alpha value is -2.07. The van der Waals surface area contributed by atoms with Crippen LogP contribution in [-0.2, 0) is 37.9 Å². The zero-order chi connectivity index (χ0) is 23.0. The zero-order valence-corrected chi connectivity index (χ0v) is 19.0. The number of ketones is 1. The summed E-state index contributed by atoms with van der Waals surface area (Å²) >= 11 is 0. The average Bonchev–Trinajstić information content (AvgIpc) is 2.62. The van der Waals surface area contributed by atoms with Gasteiger partial charge in [0.05, 0.1) is 9.79 Å². The molecule has 1 aliphatic carbocycles. The maximum Gasteiger partial charge on any atom is 0.132 e. The number of carbonyl (C=O) groups excluding carboxylic acids is 1. The molecule has 0 radical (unpaired) electrons. The summed E-state index contributed by atoms with van der Waals surface area (Å²) in [5, 5.41) is 0. The van der Waals surface area contributed by atoms with Gasteiger partial charge in [0.15, 0.2) is 0 Å². The zero-order valence-electron chi connectivity index (χ0n) is 17.4. The SMILES string of the molecule is Cc1ccc(S(=O)(=O)[O-])c(CC2(Cc3cc(C)ccc3S(=O)(=O)[O-])CCC(=O)CC2)c1. The van der Waals surface area contributed by atoms with E-state index in [1.807, 2.05) is 0 Å². The Balaban J connectivity index is 2.11. The normalized spacial score (nSPS) is 17.0. The second-order valence-electron chi connectivity index (χ2n) is 8.52. The third-order valence-corrected chi connectivity index (χ3v) is 7.84. The topological polar surface area (TPSA) is 131 Å². The third-order valence-electron chi connectivity index (χ3n) is 5.97. The summed E-state index contributed by atoms with van der Waals surface area (Å²) in [5.74, 6) is 0.0810. The number of carbonyl (C=O) groups is 1. The van der Waals surface area contributed by atoms with Crippen LogP contribution in [0.15, 0.2) is 46.2 Å². The van der Waals surface area contributed by atoms with Gasteiger partial charge in [-0.05, 0) is 68.2 Å². The highest BCUT2D eigenvalue weighted by atomic mass is 32.2. The maximum absolute atomic E-state index is 11.9. The van der Waals surface area contributed by atoms with Gasteiger partial charge in [0, 0.05) is 12.8 Å².